The summed E-state index contributed by atoms with van der Waals surface area (Å²) >= 11 is 0. The highest BCUT2D eigenvalue weighted by Crippen LogP contribution is 2.34. The predicted molar refractivity (Wildman–Crippen MR) is 165 cm³/mol. The fourth-order valence-electron chi connectivity index (χ4n) is 6.45. The molecular formula is C34H35FN6O4. The fourth-order valence-corrected chi connectivity index (χ4v) is 6.45. The van der Waals surface area contributed by atoms with Crippen LogP contribution in [0.3, 0.4) is 0 Å². The van der Waals surface area contributed by atoms with E-state index in [0.717, 1.165) is 36.3 Å². The molecule has 3 aromatic rings. The molecule has 3 aliphatic heterocycles. The summed E-state index contributed by atoms with van der Waals surface area (Å²) in [4.78, 5) is 43.1. The zero-order chi connectivity index (χ0) is 31.5. The van der Waals surface area contributed by atoms with Gasteiger partial charge in [-0.3, -0.25) is 24.6 Å². The average molecular weight is 611 g/mol. The molecule has 0 bridgehead atoms. The molecule has 0 aliphatic carbocycles. The van der Waals surface area contributed by atoms with Crippen LogP contribution in [-0.2, 0) is 22.7 Å². The Bertz CT molecular complexity index is 1650. The molecular weight excluding hydrogens is 575 g/mol. The third-order valence-electron chi connectivity index (χ3n) is 8.87. The predicted octanol–water partition coefficient (Wildman–Crippen LogP) is 3.12. The number of imide groups is 1. The summed E-state index contributed by atoms with van der Waals surface area (Å²) in [5.41, 5.74) is 4.25. The smallest absolute Gasteiger partial charge is 0.255 e. The maximum Gasteiger partial charge on any atom is 0.255 e. The van der Waals surface area contributed by atoms with Crippen molar-refractivity contribution in [3.63, 3.8) is 0 Å². The fraction of sp³-hybridized carbons (Fsp3) is 0.353. The number of halogens is 1. The molecule has 1 unspecified atom stereocenters. The molecule has 2 atom stereocenters. The maximum absolute atomic E-state index is 14.6. The van der Waals surface area contributed by atoms with E-state index in [1.54, 1.807) is 24.3 Å². The van der Waals surface area contributed by atoms with Crippen molar-refractivity contribution in [3.05, 3.63) is 94.3 Å². The molecule has 45 heavy (non-hydrogen) atoms. The zero-order valence-corrected chi connectivity index (χ0v) is 25.1. The van der Waals surface area contributed by atoms with Gasteiger partial charge in [-0.25, -0.2) is 4.39 Å². The van der Waals surface area contributed by atoms with Crippen LogP contribution < -0.4 is 20.3 Å². The van der Waals surface area contributed by atoms with Crippen molar-refractivity contribution in [2.45, 2.75) is 38.1 Å². The molecule has 3 amide bonds. The SMILES string of the molecule is CNCC(c1ccc(COc2cccc3c2CN([C@H]2CCC(=O)NC2=O)C3=O)cc1)N1CCN(c2ccc(C#N)cc2F)CC1. The Morgan fingerprint density at radius 3 is 2.53 bits per heavy atom. The number of carbonyl (C=O) groups is 3. The van der Waals surface area contributed by atoms with E-state index in [4.69, 9.17) is 10.00 Å². The molecule has 6 rings (SSSR count). The molecule has 11 heteroatoms. The number of nitrogens with zero attached hydrogens (tertiary/aromatic N) is 4. The van der Waals surface area contributed by atoms with Crippen molar-refractivity contribution >= 4 is 23.4 Å². The van der Waals surface area contributed by atoms with Crippen molar-refractivity contribution in [2.24, 2.45) is 0 Å². The van der Waals surface area contributed by atoms with E-state index in [1.807, 2.05) is 36.2 Å². The molecule has 0 spiro atoms. The standard InChI is InChI=1S/C34H35FN6O4/c1-37-19-30(40-15-13-39(14-16-40)28-10-7-23(18-36)17-27(28)35)24-8-5-22(6-9-24)21-45-31-4-2-3-25-26(31)20-41(34(25)44)29-11-12-32(42)38-33(29)43/h2-10,17,29-30,37H,11-16,19-21H2,1H3,(H,38,42,43)/t29-,30?/m0/s1. The van der Waals surface area contributed by atoms with Crippen LogP contribution in [0.5, 0.6) is 5.75 Å². The number of carbonyl (C=O) groups excluding carboxylic acids is 3. The molecule has 0 radical (unpaired) electrons. The van der Waals surface area contributed by atoms with Gasteiger partial charge in [0.25, 0.3) is 5.91 Å². The van der Waals surface area contributed by atoms with Gasteiger partial charge in [-0.05, 0) is 54.9 Å². The first-order valence-corrected chi connectivity index (χ1v) is 15.2. The number of fused-ring (bicyclic) bond motifs is 1. The Hall–Kier alpha value is -4.79. The van der Waals surface area contributed by atoms with Crippen LogP contribution in [0.2, 0.25) is 0 Å². The van der Waals surface area contributed by atoms with Crippen LogP contribution in [-0.4, -0.2) is 73.3 Å². The van der Waals surface area contributed by atoms with Crippen LogP contribution in [0.1, 0.15) is 51.5 Å². The second-order valence-corrected chi connectivity index (χ2v) is 11.6. The number of ether oxygens (including phenoxy) is 1. The number of piperazine rings is 1. The number of hydrogen-bond acceptors (Lipinski definition) is 8. The van der Waals surface area contributed by atoms with Crippen molar-refractivity contribution in [3.8, 4) is 11.8 Å². The molecule has 3 aliphatic rings. The first-order valence-electron chi connectivity index (χ1n) is 15.2. The quantitative estimate of drug-likeness (QED) is 0.355. The van der Waals surface area contributed by atoms with Gasteiger partial charge in [-0.15, -0.1) is 0 Å². The monoisotopic (exact) mass is 610 g/mol. The summed E-state index contributed by atoms with van der Waals surface area (Å²) in [6.07, 6.45) is 0.521. The number of piperidine rings is 1. The molecule has 10 nitrogen and oxygen atoms in total. The van der Waals surface area contributed by atoms with Gasteiger partial charge in [-0.1, -0.05) is 30.3 Å². The topological polar surface area (TPSA) is 118 Å². The van der Waals surface area contributed by atoms with Crippen molar-refractivity contribution in [1.29, 1.82) is 5.26 Å². The van der Waals surface area contributed by atoms with Crippen LogP contribution in [0.25, 0.3) is 0 Å². The Kier molecular flexibility index (Phi) is 8.78. The number of nitriles is 1. The Morgan fingerprint density at radius 1 is 1.07 bits per heavy atom. The van der Waals surface area contributed by atoms with E-state index in [1.165, 1.54) is 11.0 Å². The van der Waals surface area contributed by atoms with Crippen LogP contribution in [0.15, 0.2) is 60.7 Å². The number of likely N-dealkylation sites (N-methyl/N-ethyl adjacent to an activating group) is 1. The summed E-state index contributed by atoms with van der Waals surface area (Å²) in [6.45, 7) is 4.23. The number of nitrogens with one attached hydrogen (secondary N) is 2. The second-order valence-electron chi connectivity index (χ2n) is 11.6. The first kappa shape index (κ1) is 30.2. The largest absolute Gasteiger partial charge is 0.489 e. The van der Waals surface area contributed by atoms with Gasteiger partial charge in [0.05, 0.1) is 23.9 Å². The highest BCUT2D eigenvalue weighted by atomic mass is 19.1. The molecule has 3 heterocycles. The number of rotatable bonds is 9. The highest BCUT2D eigenvalue weighted by Gasteiger charge is 2.40. The molecule has 232 valence electrons. The molecule has 0 aromatic heterocycles. The van der Waals surface area contributed by atoms with Gasteiger partial charge in [0, 0.05) is 56.3 Å². The second kappa shape index (κ2) is 13.1. The zero-order valence-electron chi connectivity index (χ0n) is 25.1. The van der Waals surface area contributed by atoms with Gasteiger partial charge in [-0.2, -0.15) is 5.26 Å². The van der Waals surface area contributed by atoms with Gasteiger partial charge < -0.3 is 19.9 Å². The van der Waals surface area contributed by atoms with Crippen LogP contribution >= 0.6 is 0 Å². The lowest BCUT2D eigenvalue weighted by Gasteiger charge is -2.40. The van der Waals surface area contributed by atoms with Crippen molar-refractivity contribution < 1.29 is 23.5 Å². The van der Waals surface area contributed by atoms with E-state index in [2.05, 4.69) is 27.7 Å². The average Bonchev–Trinajstić information content (AvgIpc) is 3.39. The summed E-state index contributed by atoms with van der Waals surface area (Å²) in [7, 11) is 1.93. The lowest BCUT2D eigenvalue weighted by molar-refractivity contribution is -0.136. The van der Waals surface area contributed by atoms with Gasteiger partial charge in [0.1, 0.15) is 24.2 Å². The van der Waals surface area contributed by atoms with Crippen LogP contribution in [0, 0.1) is 17.1 Å². The Balaban J connectivity index is 1.08. The van der Waals surface area contributed by atoms with E-state index >= 15 is 0 Å². The van der Waals surface area contributed by atoms with Gasteiger partial charge >= 0.3 is 0 Å². The van der Waals surface area contributed by atoms with Crippen molar-refractivity contribution in [2.75, 3.05) is 44.7 Å². The van der Waals surface area contributed by atoms with Crippen LogP contribution in [0.4, 0.5) is 10.1 Å². The normalized spacial score (nSPS) is 19.2. The van der Waals surface area contributed by atoms with Gasteiger partial charge in [0.2, 0.25) is 11.8 Å². The summed E-state index contributed by atoms with van der Waals surface area (Å²) in [5.74, 6) is -0.747. The van der Waals surface area contributed by atoms with E-state index in [-0.39, 0.29) is 36.6 Å². The summed E-state index contributed by atoms with van der Waals surface area (Å²) in [6, 6.07) is 19.7. The lowest BCUT2D eigenvalue weighted by atomic mass is 10.0. The van der Waals surface area contributed by atoms with Gasteiger partial charge in [0.15, 0.2) is 0 Å². The lowest BCUT2D eigenvalue weighted by Crippen LogP contribution is -2.52. The van der Waals surface area contributed by atoms with E-state index < -0.39 is 11.9 Å². The minimum absolute atomic E-state index is 0.139. The molecule has 2 fully saturated rings. The summed E-state index contributed by atoms with van der Waals surface area (Å²) in [5, 5.41) is 14.7. The maximum atomic E-state index is 14.6. The third kappa shape index (κ3) is 6.25. The number of amides is 3. The van der Waals surface area contributed by atoms with Crippen molar-refractivity contribution in [1.82, 2.24) is 20.4 Å². The van der Waals surface area contributed by atoms with E-state index in [9.17, 15) is 18.8 Å². The number of benzene rings is 3. The Morgan fingerprint density at radius 2 is 1.84 bits per heavy atom. The molecule has 2 N–H and O–H groups in total. The van der Waals surface area contributed by atoms with E-state index in [0.29, 0.717) is 48.7 Å². The minimum atomic E-state index is -0.673. The summed E-state index contributed by atoms with van der Waals surface area (Å²) < 4.78 is 20.8. The molecule has 2 saturated heterocycles. The number of hydrogen-bond donors (Lipinski definition) is 2. The molecule has 3 aromatic carbocycles. The highest BCUT2D eigenvalue weighted by molar-refractivity contribution is 6.05. The molecule has 0 saturated carbocycles. The Labute approximate surface area is 261 Å². The third-order valence-corrected chi connectivity index (χ3v) is 8.87. The first-order chi connectivity index (χ1) is 21.9. The minimum Gasteiger partial charge on any atom is -0.489 e. The number of anilines is 1.